The Kier molecular flexibility index (Phi) is 5.45. The number of ether oxygens (including phenoxy) is 1. The van der Waals surface area contributed by atoms with E-state index in [1.165, 1.54) is 11.1 Å². The summed E-state index contributed by atoms with van der Waals surface area (Å²) in [6.07, 6.45) is 0.668. The van der Waals surface area contributed by atoms with Crippen LogP contribution < -0.4 is 10.5 Å². The van der Waals surface area contributed by atoms with Crippen molar-refractivity contribution in [1.82, 2.24) is 0 Å². The smallest absolute Gasteiger partial charge is 0.119 e. The molecular formula is C14H23NO2. The first kappa shape index (κ1) is 14.0. The highest BCUT2D eigenvalue weighted by Gasteiger charge is 2.05. The lowest BCUT2D eigenvalue weighted by Crippen LogP contribution is -2.26. The first-order valence-corrected chi connectivity index (χ1v) is 6.14. The lowest BCUT2D eigenvalue weighted by Gasteiger charge is -2.13. The third-order valence-electron chi connectivity index (χ3n) is 2.86. The van der Waals surface area contributed by atoms with Crippen LogP contribution in [-0.4, -0.2) is 24.4 Å². The Morgan fingerprint density at radius 3 is 2.59 bits per heavy atom. The monoisotopic (exact) mass is 237 g/mol. The van der Waals surface area contributed by atoms with Gasteiger partial charge in [0.25, 0.3) is 0 Å². The molecule has 0 aliphatic carbocycles. The molecule has 0 saturated heterocycles. The molecule has 3 nitrogen and oxygen atoms in total. The summed E-state index contributed by atoms with van der Waals surface area (Å²) in [5.41, 5.74) is 8.21. The molecule has 1 aromatic carbocycles. The van der Waals surface area contributed by atoms with E-state index < -0.39 is 0 Å². The minimum Gasteiger partial charge on any atom is -0.494 e. The Morgan fingerprint density at radius 1 is 1.35 bits per heavy atom. The summed E-state index contributed by atoms with van der Waals surface area (Å²) in [5, 5.41) is 8.79. The molecule has 0 bridgehead atoms. The molecule has 1 rings (SSSR count). The summed E-state index contributed by atoms with van der Waals surface area (Å²) >= 11 is 0. The predicted octanol–water partition coefficient (Wildman–Crippen LogP) is 2.21. The van der Waals surface area contributed by atoms with Gasteiger partial charge in [0.15, 0.2) is 0 Å². The van der Waals surface area contributed by atoms with Gasteiger partial charge in [0.1, 0.15) is 5.75 Å². The highest BCUT2D eigenvalue weighted by molar-refractivity contribution is 5.36. The van der Waals surface area contributed by atoms with Crippen molar-refractivity contribution in [3.8, 4) is 5.75 Å². The number of benzene rings is 1. The Labute approximate surface area is 104 Å². The van der Waals surface area contributed by atoms with Gasteiger partial charge in [0, 0.05) is 6.04 Å². The number of nitrogens with two attached hydrogens (primary N) is 1. The van der Waals surface area contributed by atoms with Crippen LogP contribution in [0, 0.1) is 6.92 Å². The fraction of sp³-hybridized carbons (Fsp3) is 0.571. The molecule has 1 unspecified atom stereocenters. The van der Waals surface area contributed by atoms with E-state index in [-0.39, 0.29) is 12.6 Å². The molecule has 0 aliphatic rings. The maximum Gasteiger partial charge on any atom is 0.119 e. The molecule has 0 aromatic heterocycles. The SMILES string of the molecule is Cc1cc(OCCC(N)CO)ccc1C(C)C. The number of rotatable bonds is 6. The van der Waals surface area contributed by atoms with Crippen LogP contribution in [-0.2, 0) is 0 Å². The molecule has 0 radical (unpaired) electrons. The van der Waals surface area contributed by atoms with E-state index in [2.05, 4.69) is 32.9 Å². The van der Waals surface area contributed by atoms with Gasteiger partial charge >= 0.3 is 0 Å². The standard InChI is InChI=1S/C14H23NO2/c1-10(2)14-5-4-13(8-11(14)3)17-7-6-12(15)9-16/h4-5,8,10,12,16H,6-7,9,15H2,1-3H3. The van der Waals surface area contributed by atoms with E-state index in [0.29, 0.717) is 18.9 Å². The number of hydrogen-bond acceptors (Lipinski definition) is 3. The number of aliphatic hydroxyl groups excluding tert-OH is 1. The fourth-order valence-electron chi connectivity index (χ4n) is 1.81. The van der Waals surface area contributed by atoms with Crippen LogP contribution in [0.25, 0.3) is 0 Å². The van der Waals surface area contributed by atoms with Gasteiger partial charge in [-0.15, -0.1) is 0 Å². The highest BCUT2D eigenvalue weighted by Crippen LogP contribution is 2.23. The fourth-order valence-corrected chi connectivity index (χ4v) is 1.81. The Hall–Kier alpha value is -1.06. The van der Waals surface area contributed by atoms with Gasteiger partial charge in [-0.2, -0.15) is 0 Å². The summed E-state index contributed by atoms with van der Waals surface area (Å²) in [7, 11) is 0. The van der Waals surface area contributed by atoms with Gasteiger partial charge < -0.3 is 15.6 Å². The van der Waals surface area contributed by atoms with Crippen molar-refractivity contribution in [2.24, 2.45) is 5.73 Å². The molecule has 0 aliphatic heterocycles. The van der Waals surface area contributed by atoms with Crippen molar-refractivity contribution in [3.63, 3.8) is 0 Å². The maximum absolute atomic E-state index is 8.79. The second kappa shape index (κ2) is 6.62. The zero-order chi connectivity index (χ0) is 12.8. The molecule has 3 heteroatoms. The molecule has 0 fully saturated rings. The second-order valence-electron chi connectivity index (χ2n) is 4.75. The molecule has 96 valence electrons. The molecule has 0 spiro atoms. The van der Waals surface area contributed by atoms with Gasteiger partial charge in [0.2, 0.25) is 0 Å². The molecule has 1 atom stereocenters. The van der Waals surface area contributed by atoms with Crippen LogP contribution in [0.4, 0.5) is 0 Å². The summed E-state index contributed by atoms with van der Waals surface area (Å²) < 4.78 is 5.60. The van der Waals surface area contributed by atoms with Crippen LogP contribution in [0.2, 0.25) is 0 Å². The first-order valence-electron chi connectivity index (χ1n) is 6.14. The topological polar surface area (TPSA) is 55.5 Å². The molecule has 0 saturated carbocycles. The second-order valence-corrected chi connectivity index (χ2v) is 4.75. The van der Waals surface area contributed by atoms with Gasteiger partial charge in [-0.1, -0.05) is 19.9 Å². The van der Waals surface area contributed by atoms with Crippen LogP contribution in [0.15, 0.2) is 18.2 Å². The van der Waals surface area contributed by atoms with Gasteiger partial charge in [0.05, 0.1) is 13.2 Å². The van der Waals surface area contributed by atoms with E-state index >= 15 is 0 Å². The average molecular weight is 237 g/mol. The normalized spacial score (nSPS) is 12.8. The van der Waals surface area contributed by atoms with Crippen molar-refractivity contribution in [2.45, 2.75) is 39.2 Å². The number of aryl methyl sites for hydroxylation is 1. The van der Waals surface area contributed by atoms with Crippen LogP contribution >= 0.6 is 0 Å². The number of hydrogen-bond donors (Lipinski definition) is 2. The third kappa shape index (κ3) is 4.36. The van der Waals surface area contributed by atoms with E-state index in [1.54, 1.807) is 0 Å². The molecule has 1 aromatic rings. The van der Waals surface area contributed by atoms with Crippen molar-refractivity contribution in [2.75, 3.05) is 13.2 Å². The van der Waals surface area contributed by atoms with Crippen molar-refractivity contribution >= 4 is 0 Å². The van der Waals surface area contributed by atoms with Gasteiger partial charge in [-0.3, -0.25) is 0 Å². The molecule has 0 amide bonds. The summed E-state index contributed by atoms with van der Waals surface area (Å²) in [4.78, 5) is 0. The van der Waals surface area contributed by atoms with Crippen LogP contribution in [0.5, 0.6) is 5.75 Å². The third-order valence-corrected chi connectivity index (χ3v) is 2.86. The van der Waals surface area contributed by atoms with Crippen molar-refractivity contribution in [1.29, 1.82) is 0 Å². The Balaban J connectivity index is 2.53. The minimum absolute atomic E-state index is 0.00861. The summed E-state index contributed by atoms with van der Waals surface area (Å²) in [5.74, 6) is 1.41. The maximum atomic E-state index is 8.79. The Bertz CT molecular complexity index is 350. The van der Waals surface area contributed by atoms with Gasteiger partial charge in [-0.25, -0.2) is 0 Å². The van der Waals surface area contributed by atoms with Crippen molar-refractivity contribution in [3.05, 3.63) is 29.3 Å². The highest BCUT2D eigenvalue weighted by atomic mass is 16.5. The lowest BCUT2D eigenvalue weighted by atomic mass is 9.98. The zero-order valence-corrected chi connectivity index (χ0v) is 10.9. The van der Waals surface area contributed by atoms with Gasteiger partial charge in [-0.05, 0) is 42.5 Å². The average Bonchev–Trinajstić information content (AvgIpc) is 2.28. The lowest BCUT2D eigenvalue weighted by molar-refractivity contribution is 0.230. The Morgan fingerprint density at radius 2 is 2.06 bits per heavy atom. The minimum atomic E-state index is -0.189. The predicted molar refractivity (Wildman–Crippen MR) is 70.4 cm³/mol. The van der Waals surface area contributed by atoms with E-state index in [1.807, 2.05) is 6.07 Å². The first-order chi connectivity index (χ1) is 8.04. The van der Waals surface area contributed by atoms with Crippen molar-refractivity contribution < 1.29 is 9.84 Å². The summed E-state index contributed by atoms with van der Waals surface area (Å²) in [6.45, 7) is 7.02. The van der Waals surface area contributed by atoms with E-state index in [9.17, 15) is 0 Å². The molecule has 0 heterocycles. The van der Waals surface area contributed by atoms with E-state index in [0.717, 1.165) is 5.75 Å². The molecule has 3 N–H and O–H groups in total. The zero-order valence-electron chi connectivity index (χ0n) is 10.9. The largest absolute Gasteiger partial charge is 0.494 e. The summed E-state index contributed by atoms with van der Waals surface area (Å²) in [6, 6.07) is 5.97. The molecule has 17 heavy (non-hydrogen) atoms. The molecular weight excluding hydrogens is 214 g/mol. The van der Waals surface area contributed by atoms with E-state index in [4.69, 9.17) is 15.6 Å². The quantitative estimate of drug-likeness (QED) is 0.797. The van der Waals surface area contributed by atoms with Crippen LogP contribution in [0.1, 0.15) is 37.3 Å². The van der Waals surface area contributed by atoms with Crippen LogP contribution in [0.3, 0.4) is 0 Å². The number of aliphatic hydroxyl groups is 1.